The van der Waals surface area contributed by atoms with E-state index in [-0.39, 0.29) is 18.4 Å². The van der Waals surface area contributed by atoms with Crippen molar-refractivity contribution >= 4 is 12.4 Å². The minimum atomic E-state index is 0. The van der Waals surface area contributed by atoms with Crippen LogP contribution in [-0.2, 0) is 0 Å². The summed E-state index contributed by atoms with van der Waals surface area (Å²) >= 11 is 0. The summed E-state index contributed by atoms with van der Waals surface area (Å²) in [6.45, 7) is 4.63. The lowest BCUT2D eigenvalue weighted by molar-refractivity contribution is 0.339. The van der Waals surface area contributed by atoms with Gasteiger partial charge in [-0.25, -0.2) is 0 Å². The van der Waals surface area contributed by atoms with Crippen molar-refractivity contribution in [1.82, 2.24) is 0 Å². The smallest absolute Gasteiger partial charge is 0.119 e. The van der Waals surface area contributed by atoms with Crippen LogP contribution in [0.5, 0.6) is 5.75 Å². The summed E-state index contributed by atoms with van der Waals surface area (Å²) in [4.78, 5) is 0. The highest BCUT2D eigenvalue weighted by Crippen LogP contribution is 2.17. The van der Waals surface area contributed by atoms with Gasteiger partial charge in [0, 0.05) is 6.04 Å². The summed E-state index contributed by atoms with van der Waals surface area (Å²) in [7, 11) is 0. The summed E-state index contributed by atoms with van der Waals surface area (Å²) in [5, 5.41) is 0. The number of ether oxygens (including phenoxy) is 1. The molecule has 1 aromatic rings. The summed E-state index contributed by atoms with van der Waals surface area (Å²) in [6.07, 6.45) is 0. The van der Waals surface area contributed by atoms with Gasteiger partial charge >= 0.3 is 0 Å². The van der Waals surface area contributed by atoms with E-state index in [2.05, 4.69) is 0 Å². The second-order valence-corrected chi connectivity index (χ2v) is 2.79. The van der Waals surface area contributed by atoms with Gasteiger partial charge in [-0.2, -0.15) is 0 Å². The third-order valence-electron chi connectivity index (χ3n) is 1.69. The summed E-state index contributed by atoms with van der Waals surface area (Å²) in [5.74, 6) is 0.896. The van der Waals surface area contributed by atoms with Crippen LogP contribution in [0.25, 0.3) is 0 Å². The third kappa shape index (κ3) is 3.66. The van der Waals surface area contributed by atoms with E-state index in [1.165, 1.54) is 0 Å². The Morgan fingerprint density at radius 2 is 2.15 bits per heavy atom. The van der Waals surface area contributed by atoms with Crippen molar-refractivity contribution in [1.29, 1.82) is 0 Å². The predicted octanol–water partition coefficient (Wildman–Crippen LogP) is 2.53. The van der Waals surface area contributed by atoms with Crippen molar-refractivity contribution in [2.24, 2.45) is 5.73 Å². The number of hydrogen-bond acceptors (Lipinski definition) is 2. The molecule has 13 heavy (non-hydrogen) atoms. The molecule has 2 N–H and O–H groups in total. The largest absolute Gasteiger partial charge is 0.494 e. The third-order valence-corrected chi connectivity index (χ3v) is 1.69. The Balaban J connectivity index is 0.00000144. The summed E-state index contributed by atoms with van der Waals surface area (Å²) in [5.41, 5.74) is 6.84. The molecule has 0 fully saturated rings. The molecule has 0 amide bonds. The highest BCUT2D eigenvalue weighted by molar-refractivity contribution is 5.85. The normalized spacial score (nSPS) is 11.6. The summed E-state index contributed by atoms with van der Waals surface area (Å²) < 4.78 is 5.34. The van der Waals surface area contributed by atoms with E-state index in [0.29, 0.717) is 6.61 Å². The zero-order valence-electron chi connectivity index (χ0n) is 7.99. The molecule has 3 heteroatoms. The molecule has 1 aromatic carbocycles. The van der Waals surface area contributed by atoms with E-state index in [1.807, 2.05) is 38.1 Å². The van der Waals surface area contributed by atoms with Gasteiger partial charge in [0.25, 0.3) is 0 Å². The van der Waals surface area contributed by atoms with Crippen molar-refractivity contribution in [3.05, 3.63) is 29.8 Å². The van der Waals surface area contributed by atoms with Crippen LogP contribution in [0.15, 0.2) is 24.3 Å². The average Bonchev–Trinajstić information content (AvgIpc) is 2.05. The van der Waals surface area contributed by atoms with Crippen LogP contribution in [0.1, 0.15) is 25.5 Å². The van der Waals surface area contributed by atoms with Crippen LogP contribution in [0.2, 0.25) is 0 Å². The van der Waals surface area contributed by atoms with Crippen LogP contribution < -0.4 is 10.5 Å². The molecule has 0 aliphatic carbocycles. The average molecular weight is 202 g/mol. The minimum absolute atomic E-state index is 0. The Morgan fingerprint density at radius 1 is 1.46 bits per heavy atom. The minimum Gasteiger partial charge on any atom is -0.494 e. The lowest BCUT2D eigenvalue weighted by atomic mass is 10.1. The number of rotatable bonds is 3. The monoisotopic (exact) mass is 201 g/mol. The zero-order valence-corrected chi connectivity index (χ0v) is 8.80. The molecule has 0 aliphatic rings. The summed E-state index contributed by atoms with van der Waals surface area (Å²) in [6, 6.07) is 7.96. The Hall–Kier alpha value is -0.730. The molecule has 0 aliphatic heterocycles. The molecule has 0 saturated heterocycles. The molecule has 2 nitrogen and oxygen atoms in total. The Morgan fingerprint density at radius 3 is 2.69 bits per heavy atom. The molecule has 0 spiro atoms. The van der Waals surface area contributed by atoms with Gasteiger partial charge in [0.15, 0.2) is 0 Å². The molecular weight excluding hydrogens is 186 g/mol. The Labute approximate surface area is 85.5 Å². The van der Waals surface area contributed by atoms with Crippen LogP contribution in [0, 0.1) is 0 Å². The lowest BCUT2D eigenvalue weighted by Gasteiger charge is -2.08. The van der Waals surface area contributed by atoms with Crippen molar-refractivity contribution in [3.63, 3.8) is 0 Å². The molecule has 0 saturated carbocycles. The van der Waals surface area contributed by atoms with Gasteiger partial charge in [-0.15, -0.1) is 12.4 Å². The second-order valence-electron chi connectivity index (χ2n) is 2.79. The van der Waals surface area contributed by atoms with E-state index < -0.39 is 0 Å². The second kappa shape index (κ2) is 5.84. The predicted molar refractivity (Wildman–Crippen MR) is 57.5 cm³/mol. The SMILES string of the molecule is CCOc1cccc(C(C)N)c1.Cl. The fourth-order valence-corrected chi connectivity index (χ4v) is 1.05. The molecule has 74 valence electrons. The van der Waals surface area contributed by atoms with Crippen molar-refractivity contribution in [2.75, 3.05) is 6.61 Å². The molecule has 0 radical (unpaired) electrons. The highest BCUT2D eigenvalue weighted by atomic mass is 35.5. The van der Waals surface area contributed by atoms with Crippen molar-refractivity contribution < 1.29 is 4.74 Å². The van der Waals surface area contributed by atoms with Gasteiger partial charge in [0.1, 0.15) is 5.75 Å². The number of halogens is 1. The van der Waals surface area contributed by atoms with E-state index >= 15 is 0 Å². The van der Waals surface area contributed by atoms with Crippen LogP contribution in [0.3, 0.4) is 0 Å². The molecule has 1 atom stereocenters. The van der Waals surface area contributed by atoms with Gasteiger partial charge in [-0.3, -0.25) is 0 Å². The molecule has 0 bridgehead atoms. The maximum absolute atomic E-state index is 5.72. The molecule has 0 heterocycles. The zero-order chi connectivity index (χ0) is 8.97. The van der Waals surface area contributed by atoms with Crippen LogP contribution >= 0.6 is 12.4 Å². The van der Waals surface area contributed by atoms with E-state index in [0.717, 1.165) is 11.3 Å². The van der Waals surface area contributed by atoms with Gasteiger partial charge < -0.3 is 10.5 Å². The van der Waals surface area contributed by atoms with Crippen LogP contribution in [-0.4, -0.2) is 6.61 Å². The number of benzene rings is 1. The lowest BCUT2D eigenvalue weighted by Crippen LogP contribution is -2.04. The number of hydrogen-bond donors (Lipinski definition) is 1. The molecule has 0 aromatic heterocycles. The van der Waals surface area contributed by atoms with E-state index in [9.17, 15) is 0 Å². The van der Waals surface area contributed by atoms with Gasteiger partial charge in [0.05, 0.1) is 6.61 Å². The standard InChI is InChI=1S/C10H15NO.ClH/c1-3-12-10-6-4-5-9(7-10)8(2)11;/h4-8H,3,11H2,1-2H3;1H. The molecular formula is C10H16ClNO. The number of nitrogens with two attached hydrogens (primary N) is 1. The van der Waals surface area contributed by atoms with Gasteiger partial charge in [-0.05, 0) is 31.5 Å². The van der Waals surface area contributed by atoms with Crippen LogP contribution in [0.4, 0.5) is 0 Å². The highest BCUT2D eigenvalue weighted by Gasteiger charge is 1.99. The maximum atomic E-state index is 5.72. The Bertz CT molecular complexity index is 250. The Kier molecular flexibility index (Phi) is 5.51. The van der Waals surface area contributed by atoms with E-state index in [4.69, 9.17) is 10.5 Å². The quantitative estimate of drug-likeness (QED) is 0.816. The topological polar surface area (TPSA) is 35.2 Å². The van der Waals surface area contributed by atoms with Crippen molar-refractivity contribution in [3.8, 4) is 5.75 Å². The molecule has 1 unspecified atom stereocenters. The molecule has 1 rings (SSSR count). The fraction of sp³-hybridized carbons (Fsp3) is 0.400. The van der Waals surface area contributed by atoms with Gasteiger partial charge in [-0.1, -0.05) is 12.1 Å². The first-order valence-electron chi connectivity index (χ1n) is 4.22. The van der Waals surface area contributed by atoms with Gasteiger partial charge in [0.2, 0.25) is 0 Å². The first-order valence-corrected chi connectivity index (χ1v) is 4.22. The van der Waals surface area contributed by atoms with E-state index in [1.54, 1.807) is 0 Å². The first-order chi connectivity index (χ1) is 5.74. The maximum Gasteiger partial charge on any atom is 0.119 e. The van der Waals surface area contributed by atoms with Crippen molar-refractivity contribution in [2.45, 2.75) is 19.9 Å². The first kappa shape index (κ1) is 12.3. The fourth-order valence-electron chi connectivity index (χ4n) is 1.05.